The smallest absolute Gasteiger partial charge is 0.274 e. The second-order valence-corrected chi connectivity index (χ2v) is 8.73. The van der Waals surface area contributed by atoms with Crippen molar-refractivity contribution in [3.05, 3.63) is 53.6 Å². The minimum Gasteiger partial charge on any atom is -0.358 e. The van der Waals surface area contributed by atoms with Crippen molar-refractivity contribution in [1.29, 1.82) is 0 Å². The summed E-state index contributed by atoms with van der Waals surface area (Å²) in [5.74, 6) is -0.173. The Bertz CT molecular complexity index is 1110. The highest BCUT2D eigenvalue weighted by atomic mass is 19.1. The van der Waals surface area contributed by atoms with E-state index in [0.29, 0.717) is 31.2 Å². The number of piperidine rings is 1. The van der Waals surface area contributed by atoms with E-state index < -0.39 is 0 Å². The van der Waals surface area contributed by atoms with Crippen molar-refractivity contribution in [3.8, 4) is 11.3 Å². The van der Waals surface area contributed by atoms with Crippen LogP contribution in [0.1, 0.15) is 48.7 Å². The van der Waals surface area contributed by atoms with Gasteiger partial charge >= 0.3 is 0 Å². The van der Waals surface area contributed by atoms with Crippen molar-refractivity contribution in [1.82, 2.24) is 24.8 Å². The first kappa shape index (κ1) is 20.1. The first-order valence-corrected chi connectivity index (χ1v) is 10.7. The monoisotopic (exact) mass is 423 g/mol. The standard InChI is InChI=1S/C23H26FN5O2/c1-15(2)18-11-19(16-3-5-17(24)6-4-16)27-29-12-20(26-21(18)29)22(30)28-9-7-23(8-10-28)13-25-14-31-23/h3-6,11-12,15,25H,7-10,13-14H2,1-2H3. The summed E-state index contributed by atoms with van der Waals surface area (Å²) >= 11 is 0. The van der Waals surface area contributed by atoms with Gasteiger partial charge in [0.2, 0.25) is 0 Å². The van der Waals surface area contributed by atoms with E-state index in [2.05, 4.69) is 29.2 Å². The number of imidazole rings is 1. The summed E-state index contributed by atoms with van der Waals surface area (Å²) in [6, 6.07) is 8.24. The van der Waals surface area contributed by atoms with Gasteiger partial charge < -0.3 is 9.64 Å². The van der Waals surface area contributed by atoms with E-state index in [9.17, 15) is 9.18 Å². The van der Waals surface area contributed by atoms with Crippen LogP contribution in [0.2, 0.25) is 0 Å². The molecule has 2 aromatic heterocycles. The molecule has 8 heteroatoms. The molecular weight excluding hydrogens is 397 g/mol. The molecule has 0 atom stereocenters. The fourth-order valence-electron chi connectivity index (χ4n) is 4.43. The summed E-state index contributed by atoms with van der Waals surface area (Å²) in [4.78, 5) is 19.7. The van der Waals surface area contributed by atoms with Gasteiger partial charge in [0.25, 0.3) is 5.91 Å². The molecule has 7 nitrogen and oxygen atoms in total. The van der Waals surface area contributed by atoms with E-state index in [-0.39, 0.29) is 23.2 Å². The minimum absolute atomic E-state index is 0.0793. The number of aromatic nitrogens is 3. The van der Waals surface area contributed by atoms with Crippen LogP contribution in [0.5, 0.6) is 0 Å². The Hall–Kier alpha value is -2.84. The molecule has 1 N–H and O–H groups in total. The van der Waals surface area contributed by atoms with Gasteiger partial charge in [-0.3, -0.25) is 10.1 Å². The van der Waals surface area contributed by atoms with Crippen LogP contribution in [-0.2, 0) is 4.74 Å². The zero-order chi connectivity index (χ0) is 21.6. The maximum absolute atomic E-state index is 13.3. The third-order valence-electron chi connectivity index (χ3n) is 6.32. The number of hydrogen-bond donors (Lipinski definition) is 1. The average Bonchev–Trinajstić information content (AvgIpc) is 3.40. The fourth-order valence-corrected chi connectivity index (χ4v) is 4.43. The molecule has 2 aliphatic heterocycles. The summed E-state index contributed by atoms with van der Waals surface area (Å²) in [7, 11) is 0. The van der Waals surface area contributed by atoms with Gasteiger partial charge in [0.15, 0.2) is 5.65 Å². The predicted molar refractivity (Wildman–Crippen MR) is 114 cm³/mol. The summed E-state index contributed by atoms with van der Waals surface area (Å²) in [5.41, 5.74) is 3.48. The third-order valence-corrected chi connectivity index (χ3v) is 6.32. The van der Waals surface area contributed by atoms with Crippen LogP contribution in [0.15, 0.2) is 36.5 Å². The topological polar surface area (TPSA) is 71.8 Å². The van der Waals surface area contributed by atoms with E-state index >= 15 is 0 Å². The van der Waals surface area contributed by atoms with E-state index in [0.717, 1.165) is 36.2 Å². The van der Waals surface area contributed by atoms with Crippen LogP contribution in [0.3, 0.4) is 0 Å². The zero-order valence-corrected chi connectivity index (χ0v) is 17.8. The van der Waals surface area contributed by atoms with Gasteiger partial charge in [0, 0.05) is 30.8 Å². The highest BCUT2D eigenvalue weighted by Gasteiger charge is 2.39. The molecule has 0 radical (unpaired) electrons. The molecule has 3 aromatic rings. The molecule has 0 bridgehead atoms. The Morgan fingerprint density at radius 1 is 1.23 bits per heavy atom. The molecule has 2 fully saturated rings. The predicted octanol–water partition coefficient (Wildman–Crippen LogP) is 3.21. The highest BCUT2D eigenvalue weighted by Crippen LogP contribution is 2.30. The van der Waals surface area contributed by atoms with Crippen molar-refractivity contribution in [3.63, 3.8) is 0 Å². The lowest BCUT2D eigenvalue weighted by Crippen LogP contribution is -2.48. The molecule has 4 heterocycles. The van der Waals surface area contributed by atoms with Gasteiger partial charge in [0.05, 0.1) is 24.2 Å². The fraction of sp³-hybridized carbons (Fsp3) is 0.435. The molecule has 0 unspecified atom stereocenters. The molecular formula is C23H26FN5O2. The van der Waals surface area contributed by atoms with Crippen molar-refractivity contribution < 1.29 is 13.9 Å². The number of ether oxygens (including phenoxy) is 1. The number of amides is 1. The molecule has 1 amide bonds. The number of halogens is 1. The summed E-state index contributed by atoms with van der Waals surface area (Å²) < 4.78 is 20.9. The van der Waals surface area contributed by atoms with Gasteiger partial charge in [-0.1, -0.05) is 13.8 Å². The van der Waals surface area contributed by atoms with Crippen molar-refractivity contribution in [2.45, 2.75) is 38.2 Å². The second-order valence-electron chi connectivity index (χ2n) is 8.73. The molecule has 162 valence electrons. The normalized spacial score (nSPS) is 18.4. The Labute approximate surface area is 180 Å². The Balaban J connectivity index is 1.45. The van der Waals surface area contributed by atoms with Gasteiger partial charge in [-0.25, -0.2) is 13.9 Å². The van der Waals surface area contributed by atoms with E-state index in [1.54, 1.807) is 22.8 Å². The largest absolute Gasteiger partial charge is 0.358 e. The van der Waals surface area contributed by atoms with Crippen molar-refractivity contribution in [2.24, 2.45) is 0 Å². The minimum atomic E-state index is -0.286. The van der Waals surface area contributed by atoms with Gasteiger partial charge in [-0.15, -0.1) is 0 Å². The van der Waals surface area contributed by atoms with Crippen LogP contribution in [0.4, 0.5) is 4.39 Å². The number of nitrogens with zero attached hydrogens (tertiary/aromatic N) is 4. The van der Waals surface area contributed by atoms with Crippen LogP contribution in [0, 0.1) is 5.82 Å². The summed E-state index contributed by atoms with van der Waals surface area (Å²) in [5, 5.41) is 7.90. The van der Waals surface area contributed by atoms with Crippen LogP contribution >= 0.6 is 0 Å². The lowest BCUT2D eigenvalue weighted by Gasteiger charge is -2.37. The number of nitrogens with one attached hydrogen (secondary N) is 1. The number of hydrogen-bond acceptors (Lipinski definition) is 5. The number of carbonyl (C=O) groups excluding carboxylic acids is 1. The molecule has 0 aliphatic carbocycles. The molecule has 1 spiro atoms. The van der Waals surface area contributed by atoms with Gasteiger partial charge in [0.1, 0.15) is 11.5 Å². The molecule has 2 aliphatic rings. The Morgan fingerprint density at radius 2 is 1.97 bits per heavy atom. The van der Waals surface area contributed by atoms with E-state index in [1.807, 2.05) is 11.0 Å². The lowest BCUT2D eigenvalue weighted by atomic mass is 9.91. The number of carbonyl (C=O) groups is 1. The molecule has 0 saturated carbocycles. The van der Waals surface area contributed by atoms with E-state index in [1.165, 1.54) is 12.1 Å². The third kappa shape index (κ3) is 3.70. The quantitative estimate of drug-likeness (QED) is 0.701. The molecule has 2 saturated heterocycles. The number of fused-ring (bicyclic) bond motifs is 1. The van der Waals surface area contributed by atoms with Crippen molar-refractivity contribution >= 4 is 11.6 Å². The molecule has 1 aromatic carbocycles. The average molecular weight is 423 g/mol. The van der Waals surface area contributed by atoms with Crippen LogP contribution in [-0.4, -0.2) is 57.4 Å². The van der Waals surface area contributed by atoms with Crippen LogP contribution in [0.25, 0.3) is 16.9 Å². The number of likely N-dealkylation sites (tertiary alicyclic amines) is 1. The summed E-state index contributed by atoms with van der Waals surface area (Å²) in [6.07, 6.45) is 3.35. The SMILES string of the molecule is CC(C)c1cc(-c2ccc(F)cc2)nn2cc(C(=O)N3CCC4(CC3)CNCO4)nc12. The zero-order valence-electron chi connectivity index (χ0n) is 17.8. The second kappa shape index (κ2) is 7.69. The number of rotatable bonds is 3. The maximum atomic E-state index is 13.3. The number of benzene rings is 1. The van der Waals surface area contributed by atoms with Gasteiger partial charge in [-0.05, 0) is 49.1 Å². The van der Waals surface area contributed by atoms with Gasteiger partial charge in [-0.2, -0.15) is 5.10 Å². The first-order valence-electron chi connectivity index (χ1n) is 10.7. The Kier molecular flexibility index (Phi) is 4.98. The highest BCUT2D eigenvalue weighted by molar-refractivity contribution is 5.93. The maximum Gasteiger partial charge on any atom is 0.274 e. The lowest BCUT2D eigenvalue weighted by molar-refractivity contribution is -0.0323. The first-order chi connectivity index (χ1) is 14.9. The molecule has 31 heavy (non-hydrogen) atoms. The van der Waals surface area contributed by atoms with Crippen molar-refractivity contribution in [2.75, 3.05) is 26.4 Å². The molecule has 5 rings (SSSR count). The Morgan fingerprint density at radius 3 is 2.61 bits per heavy atom. The van der Waals surface area contributed by atoms with E-state index in [4.69, 9.17) is 4.74 Å². The van der Waals surface area contributed by atoms with Crippen LogP contribution < -0.4 is 5.32 Å². The summed E-state index contributed by atoms with van der Waals surface area (Å²) in [6.45, 7) is 6.90.